The summed E-state index contributed by atoms with van der Waals surface area (Å²) in [4.78, 5) is 23.7. The van der Waals surface area contributed by atoms with Gasteiger partial charge in [-0.15, -0.1) is 0 Å². The van der Waals surface area contributed by atoms with Crippen LogP contribution in [0.3, 0.4) is 0 Å². The molecule has 0 aliphatic carbocycles. The fourth-order valence-electron chi connectivity index (χ4n) is 3.10. The molecule has 116 valence electrons. The van der Waals surface area contributed by atoms with Crippen LogP contribution in [0.5, 0.6) is 0 Å². The molecule has 1 aromatic heterocycles. The van der Waals surface area contributed by atoms with E-state index in [1.807, 2.05) is 12.4 Å². The van der Waals surface area contributed by atoms with Gasteiger partial charge >= 0.3 is 0 Å². The van der Waals surface area contributed by atoms with E-state index in [4.69, 9.17) is 9.39 Å². The van der Waals surface area contributed by atoms with E-state index >= 15 is 0 Å². The SMILES string of the molecule is COC(=O)[C@H]1CC(=O)O[B@@H-]1c1n(C(C)C)cc[n+]1C(C)C. The minimum atomic E-state index is -1.57. The predicted molar refractivity (Wildman–Crippen MR) is 78.7 cm³/mol. The molecule has 1 fully saturated rings. The van der Waals surface area contributed by atoms with Gasteiger partial charge in [-0.3, -0.25) is 18.7 Å². The van der Waals surface area contributed by atoms with Crippen molar-refractivity contribution in [1.29, 1.82) is 0 Å². The zero-order chi connectivity index (χ0) is 15.7. The van der Waals surface area contributed by atoms with E-state index < -0.39 is 12.7 Å². The third-order valence-corrected chi connectivity index (χ3v) is 4.12. The van der Waals surface area contributed by atoms with E-state index in [2.05, 4.69) is 36.8 Å². The number of rotatable bonds is 4. The Morgan fingerprint density at radius 2 is 2.14 bits per heavy atom. The quantitative estimate of drug-likeness (QED) is 0.457. The first-order valence-corrected chi connectivity index (χ1v) is 7.45. The monoisotopic (exact) mass is 294 g/mol. The number of hydrogen-bond acceptors (Lipinski definition) is 4. The van der Waals surface area contributed by atoms with Crippen LogP contribution in [0, 0.1) is 0 Å². The highest BCUT2D eigenvalue weighted by atomic mass is 16.5. The summed E-state index contributed by atoms with van der Waals surface area (Å²) in [6.45, 7) is 6.69. The molecule has 1 saturated heterocycles. The Bertz CT molecular complexity index is 528. The maximum absolute atomic E-state index is 12.0. The molecule has 0 amide bonds. The van der Waals surface area contributed by atoms with Crippen molar-refractivity contribution in [3.63, 3.8) is 0 Å². The van der Waals surface area contributed by atoms with E-state index in [0.29, 0.717) is 0 Å². The maximum Gasteiger partial charge on any atom is 0.285 e. The standard InChI is InChI=1S/C14H23BN2O4/c1-9(2)16-6-7-17(10(3)4)14(16)15-11(13(19)20-5)8-12(18)21-15/h6-7,9-11,15H,8H2,1-5H3/t11-,15+/m1/s1. The molecule has 0 unspecified atom stereocenters. The molecule has 0 saturated carbocycles. The Balaban J connectivity index is 2.50. The van der Waals surface area contributed by atoms with E-state index in [0.717, 1.165) is 5.72 Å². The number of ether oxygens (including phenoxy) is 1. The van der Waals surface area contributed by atoms with Crippen molar-refractivity contribution in [2.75, 3.05) is 7.11 Å². The van der Waals surface area contributed by atoms with Crippen molar-refractivity contribution in [1.82, 2.24) is 4.57 Å². The molecular weight excluding hydrogens is 271 g/mol. The molecule has 0 spiro atoms. The smallest absolute Gasteiger partial charge is 0.285 e. The van der Waals surface area contributed by atoms with Gasteiger partial charge in [-0.25, -0.2) is 0 Å². The number of esters is 1. The Morgan fingerprint density at radius 3 is 2.67 bits per heavy atom. The molecule has 1 aromatic rings. The lowest BCUT2D eigenvalue weighted by Crippen LogP contribution is -2.61. The highest BCUT2D eigenvalue weighted by Gasteiger charge is 2.42. The second-order valence-corrected chi connectivity index (χ2v) is 6.17. The number of imidazole rings is 1. The van der Waals surface area contributed by atoms with Gasteiger partial charge in [0.05, 0.1) is 19.2 Å². The summed E-state index contributed by atoms with van der Waals surface area (Å²) >= 11 is 0. The fourth-order valence-corrected chi connectivity index (χ4v) is 3.10. The minimum Gasteiger partial charge on any atom is -0.680 e. The summed E-state index contributed by atoms with van der Waals surface area (Å²) in [7, 11) is 1.35. The van der Waals surface area contributed by atoms with Crippen LogP contribution in [0.2, 0.25) is 5.82 Å². The lowest BCUT2D eigenvalue weighted by molar-refractivity contribution is -0.699. The van der Waals surface area contributed by atoms with Crippen molar-refractivity contribution >= 4 is 24.6 Å². The first kappa shape index (κ1) is 15.6. The summed E-state index contributed by atoms with van der Waals surface area (Å²) in [5, 5.41) is 0. The molecule has 2 rings (SSSR count). The molecule has 2 atom stereocenters. The van der Waals surface area contributed by atoms with E-state index in [1.165, 1.54) is 7.11 Å². The largest absolute Gasteiger partial charge is 0.680 e. The molecule has 21 heavy (non-hydrogen) atoms. The fraction of sp³-hybridized carbons (Fsp3) is 0.643. The number of methoxy groups -OCH3 is 1. The van der Waals surface area contributed by atoms with Crippen LogP contribution in [0.4, 0.5) is 0 Å². The zero-order valence-electron chi connectivity index (χ0n) is 13.3. The number of nitrogens with zero attached hydrogens (tertiary/aromatic N) is 2. The van der Waals surface area contributed by atoms with Crippen molar-refractivity contribution in [3.8, 4) is 0 Å². The summed E-state index contributed by atoms with van der Waals surface area (Å²) in [6.07, 6.45) is 4.06. The second-order valence-electron chi connectivity index (χ2n) is 6.17. The van der Waals surface area contributed by atoms with Gasteiger partial charge in [-0.1, -0.05) is 0 Å². The van der Waals surface area contributed by atoms with E-state index in [-0.39, 0.29) is 30.4 Å². The summed E-state index contributed by atoms with van der Waals surface area (Å²) in [5.74, 6) is -1.19. The molecule has 0 radical (unpaired) electrons. The lowest BCUT2D eigenvalue weighted by atomic mass is 9.55. The first-order chi connectivity index (χ1) is 9.86. The molecule has 6 nitrogen and oxygen atoms in total. The van der Waals surface area contributed by atoms with Gasteiger partial charge in [-0.05, 0) is 33.5 Å². The third-order valence-electron chi connectivity index (χ3n) is 4.12. The molecular formula is C14H23BN2O4. The van der Waals surface area contributed by atoms with Crippen LogP contribution in [-0.4, -0.2) is 30.5 Å². The summed E-state index contributed by atoms with van der Waals surface area (Å²) in [5.41, 5.74) is 0.918. The van der Waals surface area contributed by atoms with Crippen LogP contribution in [0.25, 0.3) is 0 Å². The third kappa shape index (κ3) is 2.82. The van der Waals surface area contributed by atoms with Crippen molar-refractivity contribution in [2.24, 2.45) is 0 Å². The summed E-state index contributed by atoms with van der Waals surface area (Å²) < 4.78 is 14.5. The average Bonchev–Trinajstić information content (AvgIpc) is 3.00. The highest BCUT2D eigenvalue weighted by Crippen LogP contribution is 2.26. The predicted octanol–water partition coefficient (Wildman–Crippen LogP) is 0.358. The highest BCUT2D eigenvalue weighted by molar-refractivity contribution is 6.73. The van der Waals surface area contributed by atoms with Crippen molar-refractivity contribution in [2.45, 2.75) is 52.0 Å². The van der Waals surface area contributed by atoms with Gasteiger partial charge in [0.25, 0.3) is 18.9 Å². The van der Waals surface area contributed by atoms with Crippen LogP contribution in [-0.2, 0) is 19.0 Å². The number of carbonyl (C=O) groups is 2. The lowest BCUT2D eigenvalue weighted by Gasteiger charge is -2.23. The molecule has 0 aromatic carbocycles. The van der Waals surface area contributed by atoms with E-state index in [1.54, 1.807) is 0 Å². The van der Waals surface area contributed by atoms with Crippen molar-refractivity contribution in [3.05, 3.63) is 12.4 Å². The molecule has 0 N–H and O–H groups in total. The van der Waals surface area contributed by atoms with Gasteiger partial charge in [0.2, 0.25) is 0 Å². The van der Waals surface area contributed by atoms with Crippen LogP contribution in [0.15, 0.2) is 12.4 Å². The van der Waals surface area contributed by atoms with Gasteiger partial charge in [0.1, 0.15) is 18.1 Å². The molecule has 1 aliphatic rings. The second kappa shape index (κ2) is 5.91. The van der Waals surface area contributed by atoms with Gasteiger partial charge in [-0.2, -0.15) is 0 Å². The Kier molecular flexibility index (Phi) is 4.39. The van der Waals surface area contributed by atoms with Gasteiger partial charge in [0.15, 0.2) is 0 Å². The molecule has 1 aliphatic heterocycles. The normalized spacial score (nSPS) is 22.0. The molecule has 7 heteroatoms. The van der Waals surface area contributed by atoms with E-state index in [9.17, 15) is 9.59 Å². The van der Waals surface area contributed by atoms with Crippen molar-refractivity contribution < 1.29 is 23.5 Å². The Hall–Kier alpha value is -1.79. The van der Waals surface area contributed by atoms with Gasteiger partial charge < -0.3 is 9.39 Å². The Labute approximate surface area is 125 Å². The minimum absolute atomic E-state index is 0.105. The zero-order valence-corrected chi connectivity index (χ0v) is 13.3. The van der Waals surface area contributed by atoms with Crippen LogP contribution in [0.1, 0.15) is 46.2 Å². The number of hydrogen-bond donors (Lipinski definition) is 0. The van der Waals surface area contributed by atoms with Crippen LogP contribution >= 0.6 is 0 Å². The van der Waals surface area contributed by atoms with Gasteiger partial charge in [0, 0.05) is 6.42 Å². The number of aromatic nitrogens is 2. The maximum atomic E-state index is 12.0. The summed E-state index contributed by atoms with van der Waals surface area (Å²) in [6, 6.07) is 0.454. The number of carbonyl (C=O) groups excluding carboxylic acids is 2. The average molecular weight is 294 g/mol. The molecule has 2 heterocycles. The first-order valence-electron chi connectivity index (χ1n) is 7.45. The topological polar surface area (TPSA) is 61.4 Å². The Morgan fingerprint density at radius 1 is 1.48 bits per heavy atom. The molecule has 0 bridgehead atoms. The van der Waals surface area contributed by atoms with Crippen LogP contribution < -0.4 is 10.3 Å².